The lowest BCUT2D eigenvalue weighted by Crippen LogP contribution is -2.38. The van der Waals surface area contributed by atoms with Gasteiger partial charge in [-0.15, -0.1) is 0 Å². The maximum absolute atomic E-state index is 5.95. The van der Waals surface area contributed by atoms with Gasteiger partial charge in [-0.2, -0.15) is 0 Å². The van der Waals surface area contributed by atoms with Crippen LogP contribution in [0.25, 0.3) is 0 Å². The first-order valence-electron chi connectivity index (χ1n) is 8.69. The number of aromatic nitrogens is 1. The van der Waals surface area contributed by atoms with Crippen molar-refractivity contribution in [2.75, 3.05) is 45.3 Å². The van der Waals surface area contributed by atoms with Gasteiger partial charge in [-0.3, -0.25) is 4.90 Å². The number of rotatable bonds is 4. The first-order valence-corrected chi connectivity index (χ1v) is 8.69. The van der Waals surface area contributed by atoms with Crippen molar-refractivity contribution in [3.63, 3.8) is 0 Å². The highest BCUT2D eigenvalue weighted by Crippen LogP contribution is 2.31. The zero-order valence-corrected chi connectivity index (χ0v) is 14.4. The summed E-state index contributed by atoms with van der Waals surface area (Å²) in [6.07, 6.45) is -0.000685. The van der Waals surface area contributed by atoms with Crippen LogP contribution in [0.3, 0.4) is 0 Å². The topological polar surface area (TPSA) is 55.9 Å². The van der Waals surface area contributed by atoms with E-state index in [1.54, 1.807) is 0 Å². The van der Waals surface area contributed by atoms with Crippen molar-refractivity contribution in [2.24, 2.45) is 0 Å². The molecule has 0 amide bonds. The zero-order valence-electron chi connectivity index (χ0n) is 14.4. The molecule has 0 spiro atoms. The lowest BCUT2D eigenvalue weighted by atomic mass is 10.1. The average Bonchev–Trinajstić information content (AvgIpc) is 2.68. The summed E-state index contributed by atoms with van der Waals surface area (Å²) in [5.74, 6) is 2.55. The van der Waals surface area contributed by atoms with Crippen LogP contribution in [0, 0.1) is 0 Å². The van der Waals surface area contributed by atoms with Gasteiger partial charge in [-0.05, 0) is 29.8 Å². The van der Waals surface area contributed by atoms with E-state index in [2.05, 4.69) is 27.3 Å². The third-order valence-electron chi connectivity index (χ3n) is 4.52. The normalized spacial score (nSPS) is 20.3. The summed E-state index contributed by atoms with van der Waals surface area (Å²) in [4.78, 5) is 7.01. The Morgan fingerprint density at radius 3 is 2.88 bits per heavy atom. The fourth-order valence-electron chi connectivity index (χ4n) is 3.24. The van der Waals surface area contributed by atoms with Gasteiger partial charge in [-0.25, -0.2) is 4.98 Å². The second-order valence-electron chi connectivity index (χ2n) is 6.27. The van der Waals surface area contributed by atoms with E-state index in [0.29, 0.717) is 19.8 Å². The Morgan fingerprint density at radius 1 is 1.12 bits per heavy atom. The molecule has 1 aromatic carbocycles. The first-order chi connectivity index (χ1) is 12.3. The fourth-order valence-corrected chi connectivity index (χ4v) is 3.24. The summed E-state index contributed by atoms with van der Waals surface area (Å²) in [5, 5.41) is 3.08. The van der Waals surface area contributed by atoms with Crippen molar-refractivity contribution >= 4 is 5.82 Å². The molecular weight excluding hydrogens is 318 g/mol. The van der Waals surface area contributed by atoms with Crippen molar-refractivity contribution in [2.45, 2.75) is 12.6 Å². The van der Waals surface area contributed by atoms with Crippen molar-refractivity contribution in [3.05, 3.63) is 47.7 Å². The van der Waals surface area contributed by atoms with E-state index in [-0.39, 0.29) is 6.10 Å². The van der Waals surface area contributed by atoms with Crippen LogP contribution in [0.4, 0.5) is 5.82 Å². The molecule has 0 bridgehead atoms. The van der Waals surface area contributed by atoms with Gasteiger partial charge in [0.2, 0.25) is 0 Å². The molecule has 1 N–H and O–H groups in total. The van der Waals surface area contributed by atoms with E-state index < -0.39 is 0 Å². The molecule has 3 heterocycles. The Labute approximate surface area is 147 Å². The predicted molar refractivity (Wildman–Crippen MR) is 95.2 cm³/mol. The summed E-state index contributed by atoms with van der Waals surface area (Å²) in [7, 11) is 1.88. The van der Waals surface area contributed by atoms with E-state index >= 15 is 0 Å². The standard InChI is InChI=1S/C19H23N3O3/c1-20-19-4-2-3-15(21-19)18-13-22(7-8-23-18)12-14-5-6-16-17(11-14)25-10-9-24-16/h2-6,11,18H,7-10,12-13H2,1H3,(H,20,21). The summed E-state index contributed by atoms with van der Waals surface area (Å²) in [6, 6.07) is 12.2. The van der Waals surface area contributed by atoms with Gasteiger partial charge in [0.1, 0.15) is 25.1 Å². The lowest BCUT2D eigenvalue weighted by molar-refractivity contribution is -0.0349. The quantitative estimate of drug-likeness (QED) is 0.922. The number of nitrogens with zero attached hydrogens (tertiary/aromatic N) is 2. The van der Waals surface area contributed by atoms with Crippen molar-refractivity contribution in [3.8, 4) is 11.5 Å². The number of nitrogens with one attached hydrogen (secondary N) is 1. The summed E-state index contributed by atoms with van der Waals surface area (Å²) in [5.41, 5.74) is 2.19. The van der Waals surface area contributed by atoms with Crippen LogP contribution in [0.2, 0.25) is 0 Å². The zero-order chi connectivity index (χ0) is 17.1. The summed E-state index contributed by atoms with van der Waals surface area (Å²) < 4.78 is 17.2. The van der Waals surface area contributed by atoms with Gasteiger partial charge in [0.15, 0.2) is 11.5 Å². The van der Waals surface area contributed by atoms with Crippen LogP contribution < -0.4 is 14.8 Å². The summed E-state index contributed by atoms with van der Waals surface area (Å²) in [6.45, 7) is 4.55. The van der Waals surface area contributed by atoms with Gasteiger partial charge in [-0.1, -0.05) is 12.1 Å². The van der Waals surface area contributed by atoms with E-state index in [1.807, 2.05) is 31.3 Å². The van der Waals surface area contributed by atoms with Crippen LogP contribution in [0.15, 0.2) is 36.4 Å². The molecule has 1 aromatic heterocycles. The highest BCUT2D eigenvalue weighted by atomic mass is 16.6. The molecule has 4 rings (SSSR count). The fraction of sp³-hybridized carbons (Fsp3) is 0.421. The third kappa shape index (κ3) is 3.70. The van der Waals surface area contributed by atoms with Crippen molar-refractivity contribution < 1.29 is 14.2 Å². The van der Waals surface area contributed by atoms with Crippen LogP contribution >= 0.6 is 0 Å². The molecule has 2 aromatic rings. The Hall–Kier alpha value is -2.31. The molecule has 2 aliphatic rings. The van der Waals surface area contributed by atoms with Crippen LogP contribution in [-0.4, -0.2) is 49.8 Å². The van der Waals surface area contributed by atoms with Gasteiger partial charge in [0, 0.05) is 26.7 Å². The van der Waals surface area contributed by atoms with Crippen LogP contribution in [-0.2, 0) is 11.3 Å². The Bertz CT molecular complexity index is 738. The molecule has 1 fully saturated rings. The van der Waals surface area contributed by atoms with Gasteiger partial charge in [0.25, 0.3) is 0 Å². The average molecular weight is 341 g/mol. The van der Waals surface area contributed by atoms with Crippen LogP contribution in [0.5, 0.6) is 11.5 Å². The second kappa shape index (κ2) is 7.29. The minimum atomic E-state index is -0.000685. The molecule has 1 unspecified atom stereocenters. The second-order valence-corrected chi connectivity index (χ2v) is 6.27. The van der Waals surface area contributed by atoms with E-state index in [9.17, 15) is 0 Å². The Balaban J connectivity index is 1.44. The first kappa shape index (κ1) is 16.2. The number of fused-ring (bicyclic) bond motifs is 1. The molecular formula is C19H23N3O3. The minimum absolute atomic E-state index is 0.000685. The largest absolute Gasteiger partial charge is 0.486 e. The number of benzene rings is 1. The smallest absolute Gasteiger partial charge is 0.161 e. The number of pyridine rings is 1. The van der Waals surface area contributed by atoms with Gasteiger partial charge in [0.05, 0.1) is 12.3 Å². The van der Waals surface area contributed by atoms with E-state index in [4.69, 9.17) is 14.2 Å². The molecule has 2 aliphatic heterocycles. The third-order valence-corrected chi connectivity index (χ3v) is 4.52. The SMILES string of the molecule is CNc1cccc(C2CN(Cc3ccc4c(c3)OCCO4)CCO2)n1. The maximum Gasteiger partial charge on any atom is 0.161 e. The van der Waals surface area contributed by atoms with Crippen molar-refractivity contribution in [1.29, 1.82) is 0 Å². The summed E-state index contributed by atoms with van der Waals surface area (Å²) >= 11 is 0. The number of anilines is 1. The molecule has 1 saturated heterocycles. The maximum atomic E-state index is 5.95. The molecule has 1 atom stereocenters. The molecule has 0 saturated carbocycles. The molecule has 0 radical (unpaired) electrons. The molecule has 25 heavy (non-hydrogen) atoms. The Kier molecular flexibility index (Phi) is 4.72. The van der Waals surface area contributed by atoms with Gasteiger partial charge >= 0.3 is 0 Å². The number of hydrogen-bond donors (Lipinski definition) is 1. The van der Waals surface area contributed by atoms with E-state index in [1.165, 1.54) is 5.56 Å². The van der Waals surface area contributed by atoms with Crippen LogP contribution in [0.1, 0.15) is 17.4 Å². The molecule has 132 valence electrons. The highest BCUT2D eigenvalue weighted by molar-refractivity contribution is 5.43. The minimum Gasteiger partial charge on any atom is -0.486 e. The van der Waals surface area contributed by atoms with E-state index in [0.717, 1.165) is 42.6 Å². The predicted octanol–water partition coefficient (Wildman–Crippen LogP) is 2.47. The van der Waals surface area contributed by atoms with Crippen molar-refractivity contribution in [1.82, 2.24) is 9.88 Å². The monoisotopic (exact) mass is 341 g/mol. The number of hydrogen-bond acceptors (Lipinski definition) is 6. The Morgan fingerprint density at radius 2 is 2.00 bits per heavy atom. The lowest BCUT2D eigenvalue weighted by Gasteiger charge is -2.33. The number of morpholine rings is 1. The number of ether oxygens (including phenoxy) is 3. The molecule has 0 aliphatic carbocycles. The highest BCUT2D eigenvalue weighted by Gasteiger charge is 2.23. The molecule has 6 nitrogen and oxygen atoms in total. The molecule has 6 heteroatoms. The van der Waals surface area contributed by atoms with Gasteiger partial charge < -0.3 is 19.5 Å².